The van der Waals surface area contributed by atoms with Crippen LogP contribution >= 0.6 is 0 Å². The molecule has 4 aliphatic heterocycles. The zero-order valence-electron chi connectivity index (χ0n) is 20.9. The Labute approximate surface area is 214 Å². The van der Waals surface area contributed by atoms with Crippen molar-refractivity contribution in [3.63, 3.8) is 0 Å². The van der Waals surface area contributed by atoms with E-state index in [0.717, 1.165) is 75.8 Å². The van der Waals surface area contributed by atoms with Gasteiger partial charge in [0.05, 0.1) is 40.8 Å². The van der Waals surface area contributed by atoms with Gasteiger partial charge in [-0.25, -0.2) is 4.99 Å². The molecule has 5 heterocycles. The van der Waals surface area contributed by atoms with Gasteiger partial charge >= 0.3 is 0 Å². The molecule has 0 bridgehead atoms. The van der Waals surface area contributed by atoms with Crippen molar-refractivity contribution in [3.8, 4) is 16.9 Å². The maximum absolute atomic E-state index is 6.59. The van der Waals surface area contributed by atoms with Gasteiger partial charge in [-0.1, -0.05) is 30.3 Å². The summed E-state index contributed by atoms with van der Waals surface area (Å²) in [5.74, 6) is 1.84. The van der Waals surface area contributed by atoms with Crippen LogP contribution in [0.25, 0.3) is 22.0 Å². The predicted molar refractivity (Wildman–Crippen MR) is 144 cm³/mol. The summed E-state index contributed by atoms with van der Waals surface area (Å²) in [6.07, 6.45) is 1.39. The van der Waals surface area contributed by atoms with E-state index in [1.165, 1.54) is 5.56 Å². The average molecular weight is 493 g/mol. The molecule has 8 heteroatoms. The zero-order valence-corrected chi connectivity index (χ0v) is 20.9. The van der Waals surface area contributed by atoms with Crippen LogP contribution in [0.4, 0.5) is 11.4 Å². The first kappa shape index (κ1) is 21.2. The lowest BCUT2D eigenvalue weighted by Crippen LogP contribution is -2.56. The van der Waals surface area contributed by atoms with Crippen LogP contribution in [0.1, 0.15) is 29.7 Å². The molecule has 0 spiro atoms. The fraction of sp³-hybridized carbons (Fsp3) is 0.310. The molecule has 8 nitrogen and oxygen atoms in total. The number of nitrogens with zero attached hydrogens (tertiary/aromatic N) is 4. The molecular weight excluding hydrogens is 464 g/mol. The Hall–Kier alpha value is -3.88. The summed E-state index contributed by atoms with van der Waals surface area (Å²) in [5.41, 5.74) is 8.86. The number of rotatable bonds is 1. The summed E-state index contributed by atoms with van der Waals surface area (Å²) < 4.78 is 13.1. The van der Waals surface area contributed by atoms with Crippen molar-refractivity contribution in [2.75, 3.05) is 31.1 Å². The monoisotopic (exact) mass is 492 g/mol. The van der Waals surface area contributed by atoms with Crippen molar-refractivity contribution in [3.05, 3.63) is 71.4 Å². The first-order valence-electron chi connectivity index (χ1n) is 13.0. The highest BCUT2D eigenvalue weighted by Crippen LogP contribution is 2.49. The fourth-order valence-electron chi connectivity index (χ4n) is 6.35. The number of amidine groups is 1. The minimum atomic E-state index is -0.437. The van der Waals surface area contributed by atoms with Gasteiger partial charge in [0.15, 0.2) is 0 Å². The Kier molecular flexibility index (Phi) is 4.48. The van der Waals surface area contributed by atoms with Crippen LogP contribution < -0.4 is 15.0 Å². The topological polar surface area (TPSA) is 78.0 Å². The van der Waals surface area contributed by atoms with E-state index in [0.29, 0.717) is 6.61 Å². The highest BCUT2D eigenvalue weighted by Gasteiger charge is 2.43. The van der Waals surface area contributed by atoms with Crippen molar-refractivity contribution in [1.82, 2.24) is 20.4 Å². The molecule has 1 aromatic heterocycles. The molecule has 0 radical (unpaired) electrons. The molecule has 2 unspecified atom stereocenters. The second-order valence-electron chi connectivity index (χ2n) is 10.3. The number of H-pyrrole nitrogens is 1. The highest BCUT2D eigenvalue weighted by molar-refractivity contribution is 6.10. The van der Waals surface area contributed by atoms with E-state index >= 15 is 0 Å². The number of aromatic amines is 1. The van der Waals surface area contributed by atoms with Gasteiger partial charge in [-0.05, 0) is 43.2 Å². The highest BCUT2D eigenvalue weighted by atomic mass is 16.5. The Morgan fingerprint density at radius 3 is 2.92 bits per heavy atom. The van der Waals surface area contributed by atoms with Crippen LogP contribution in [0.15, 0.2) is 59.7 Å². The summed E-state index contributed by atoms with van der Waals surface area (Å²) in [7, 11) is 0. The molecular formula is C29H28N6O2. The number of hydrogen-bond donors (Lipinski definition) is 2. The quantitative estimate of drug-likeness (QED) is 0.408. The van der Waals surface area contributed by atoms with Crippen molar-refractivity contribution in [1.29, 1.82) is 0 Å². The van der Waals surface area contributed by atoms with Crippen LogP contribution in [0.5, 0.6) is 5.75 Å². The van der Waals surface area contributed by atoms with Gasteiger partial charge in [0, 0.05) is 36.1 Å². The number of hydrogen-bond acceptors (Lipinski definition) is 7. The van der Waals surface area contributed by atoms with Crippen molar-refractivity contribution >= 4 is 28.1 Å². The maximum atomic E-state index is 6.59. The number of para-hydroxylation sites is 1. The molecule has 4 aromatic rings. The number of nitrogens with one attached hydrogen (secondary N) is 2. The first-order valence-corrected chi connectivity index (χ1v) is 13.0. The molecule has 1 saturated heterocycles. The van der Waals surface area contributed by atoms with E-state index in [1.807, 2.05) is 6.20 Å². The number of fused-ring (bicyclic) bond motifs is 7. The lowest BCUT2D eigenvalue weighted by Gasteiger charge is -2.45. The molecule has 3 atom stereocenters. The van der Waals surface area contributed by atoms with Crippen LogP contribution in [-0.4, -0.2) is 59.6 Å². The Morgan fingerprint density at radius 1 is 1.05 bits per heavy atom. The lowest BCUT2D eigenvalue weighted by molar-refractivity contribution is -0.00532. The second kappa shape index (κ2) is 7.81. The number of aliphatic imine (C=N–C) groups is 1. The predicted octanol–water partition coefficient (Wildman–Crippen LogP) is 4.48. The normalized spacial score (nSPS) is 23.8. The van der Waals surface area contributed by atoms with E-state index in [-0.39, 0.29) is 12.1 Å². The minimum Gasteiger partial charge on any atom is -0.491 e. The number of ether oxygens (including phenoxy) is 2. The third-order valence-corrected chi connectivity index (χ3v) is 8.15. The van der Waals surface area contributed by atoms with Gasteiger partial charge in [0.25, 0.3) is 0 Å². The first-order chi connectivity index (χ1) is 18.2. The lowest BCUT2D eigenvalue weighted by atomic mass is 9.93. The average Bonchev–Trinajstić information content (AvgIpc) is 3.33. The number of anilines is 2. The maximum Gasteiger partial charge on any atom is 0.235 e. The van der Waals surface area contributed by atoms with Gasteiger partial charge in [-0.2, -0.15) is 5.10 Å². The van der Waals surface area contributed by atoms with Gasteiger partial charge in [0.2, 0.25) is 6.35 Å². The molecule has 0 saturated carbocycles. The molecule has 0 aliphatic carbocycles. The number of piperazine rings is 1. The molecule has 4 aliphatic rings. The smallest absolute Gasteiger partial charge is 0.235 e. The molecule has 186 valence electrons. The molecule has 0 amide bonds. The largest absolute Gasteiger partial charge is 0.491 e. The van der Waals surface area contributed by atoms with Crippen LogP contribution in [0.2, 0.25) is 0 Å². The van der Waals surface area contributed by atoms with Crippen LogP contribution in [0, 0.1) is 6.92 Å². The number of benzene rings is 3. The SMILES string of the molecule is Cc1ccc2cn[nH]c2c1-c1cc2c3c(c1)N1c4ccccc4C(C)OC1N=C3N1CCNC[C@H]1CO2. The summed E-state index contributed by atoms with van der Waals surface area (Å²) in [4.78, 5) is 9.91. The second-order valence-corrected chi connectivity index (χ2v) is 10.3. The fourth-order valence-corrected chi connectivity index (χ4v) is 6.35. The summed E-state index contributed by atoms with van der Waals surface area (Å²) in [6, 6.07) is 17.4. The summed E-state index contributed by atoms with van der Waals surface area (Å²) >= 11 is 0. The zero-order chi connectivity index (χ0) is 24.7. The third-order valence-electron chi connectivity index (χ3n) is 8.15. The van der Waals surface area contributed by atoms with E-state index in [4.69, 9.17) is 14.5 Å². The third kappa shape index (κ3) is 3.03. The standard InChI is InChI=1S/C29H28N6O2/c1-16-7-8-18-13-31-33-27(18)25(16)19-11-23-26-24(12-19)36-15-20-14-30-9-10-34(20)28(26)32-29-35(23)22-6-4-3-5-21(22)17(2)37-29/h3-8,11-13,17,20,29-30H,9-10,14-15H2,1-2H3,(H,31,33)/t17?,20-,29?/m0/s1. The summed E-state index contributed by atoms with van der Waals surface area (Å²) in [6.45, 7) is 7.55. The van der Waals surface area contributed by atoms with Crippen LogP contribution in [0.3, 0.4) is 0 Å². The Morgan fingerprint density at radius 2 is 1.97 bits per heavy atom. The van der Waals surface area contributed by atoms with Gasteiger partial charge < -0.3 is 19.7 Å². The number of aryl methyl sites for hydroxylation is 1. The molecule has 37 heavy (non-hydrogen) atoms. The molecule has 8 rings (SSSR count). The van der Waals surface area contributed by atoms with Crippen molar-refractivity contribution in [2.24, 2.45) is 4.99 Å². The van der Waals surface area contributed by atoms with E-state index in [9.17, 15) is 0 Å². The van der Waals surface area contributed by atoms with Gasteiger partial charge in [0.1, 0.15) is 18.2 Å². The van der Waals surface area contributed by atoms with E-state index in [2.05, 4.69) is 87.7 Å². The van der Waals surface area contributed by atoms with Gasteiger partial charge in [-0.3, -0.25) is 10.00 Å². The molecule has 1 fully saturated rings. The minimum absolute atomic E-state index is 0.0483. The Bertz CT molecular complexity index is 1590. The Balaban J connectivity index is 1.42. The molecule has 2 N–H and O–H groups in total. The summed E-state index contributed by atoms with van der Waals surface area (Å²) in [5, 5.41) is 12.2. The van der Waals surface area contributed by atoms with Crippen molar-refractivity contribution in [2.45, 2.75) is 32.3 Å². The number of aromatic nitrogens is 2. The van der Waals surface area contributed by atoms with E-state index < -0.39 is 6.35 Å². The van der Waals surface area contributed by atoms with E-state index in [1.54, 1.807) is 0 Å². The molecule has 3 aromatic carbocycles. The van der Waals surface area contributed by atoms with Crippen LogP contribution in [-0.2, 0) is 4.74 Å². The van der Waals surface area contributed by atoms with Gasteiger partial charge in [-0.15, -0.1) is 0 Å². The van der Waals surface area contributed by atoms with Crippen molar-refractivity contribution < 1.29 is 9.47 Å².